The van der Waals surface area contributed by atoms with E-state index in [4.69, 9.17) is 11.6 Å². The van der Waals surface area contributed by atoms with Crippen LogP contribution in [0.4, 0.5) is 15.8 Å². The van der Waals surface area contributed by atoms with Gasteiger partial charge < -0.3 is 5.21 Å². The van der Waals surface area contributed by atoms with Crippen LogP contribution in [0.15, 0.2) is 71.6 Å². The number of halogens is 2. The first kappa shape index (κ1) is 20.5. The third-order valence-corrected chi connectivity index (χ3v) is 5.64. The van der Waals surface area contributed by atoms with E-state index in [1.54, 1.807) is 0 Å². The number of benzene rings is 3. The minimum absolute atomic E-state index is 0.0608. The fourth-order valence-electron chi connectivity index (χ4n) is 2.58. The van der Waals surface area contributed by atoms with Crippen LogP contribution in [-0.2, 0) is 10.0 Å². The first-order valence-corrected chi connectivity index (χ1v) is 10.0. The highest BCUT2D eigenvalue weighted by Crippen LogP contribution is 2.27. The second-order valence-electron chi connectivity index (χ2n) is 5.98. The van der Waals surface area contributed by atoms with Crippen molar-refractivity contribution in [3.63, 3.8) is 0 Å². The third kappa shape index (κ3) is 4.44. The Morgan fingerprint density at radius 3 is 2.31 bits per heavy atom. The zero-order valence-electron chi connectivity index (χ0n) is 14.8. The number of sulfonamides is 1. The summed E-state index contributed by atoms with van der Waals surface area (Å²) in [6, 6.07) is 14.4. The quantitative estimate of drug-likeness (QED) is 0.206. The molecule has 0 radical (unpaired) electrons. The standard InChI is InChI=1S/C20H14ClFN2O4S/c1-24(26)14-7-9-15(10-8-14)29(27,28)23-19-11-6-13(21)12-17(19)20(25)16-4-2-3-5-18(16)22/h2-12,23H,1H2. The van der Waals surface area contributed by atoms with Crippen molar-refractivity contribution in [2.24, 2.45) is 0 Å². The van der Waals surface area contributed by atoms with Crippen molar-refractivity contribution in [1.29, 1.82) is 0 Å². The highest BCUT2D eigenvalue weighted by Gasteiger charge is 2.22. The third-order valence-electron chi connectivity index (χ3n) is 4.02. The van der Waals surface area contributed by atoms with Crippen LogP contribution in [0.25, 0.3) is 0 Å². The maximum atomic E-state index is 14.0. The largest absolute Gasteiger partial charge is 0.619 e. The van der Waals surface area contributed by atoms with Crippen LogP contribution in [-0.4, -0.2) is 25.7 Å². The van der Waals surface area contributed by atoms with Gasteiger partial charge in [0.1, 0.15) is 12.5 Å². The topological polar surface area (TPSA) is 89.3 Å². The van der Waals surface area contributed by atoms with Crippen LogP contribution in [0.2, 0.25) is 5.02 Å². The van der Waals surface area contributed by atoms with Gasteiger partial charge in [-0.3, -0.25) is 9.52 Å². The summed E-state index contributed by atoms with van der Waals surface area (Å²) in [6.45, 7) is 3.18. The molecule has 0 spiro atoms. The van der Waals surface area contributed by atoms with Crippen LogP contribution < -0.4 is 4.72 Å². The maximum absolute atomic E-state index is 14.0. The van der Waals surface area contributed by atoms with E-state index in [1.807, 2.05) is 0 Å². The van der Waals surface area contributed by atoms with E-state index in [2.05, 4.69) is 11.4 Å². The molecule has 0 heterocycles. The van der Waals surface area contributed by atoms with E-state index < -0.39 is 21.6 Å². The van der Waals surface area contributed by atoms with Crippen LogP contribution in [0.5, 0.6) is 0 Å². The summed E-state index contributed by atoms with van der Waals surface area (Å²) in [6.07, 6.45) is 0. The van der Waals surface area contributed by atoms with Crippen molar-refractivity contribution in [3.8, 4) is 0 Å². The van der Waals surface area contributed by atoms with E-state index >= 15 is 0 Å². The highest BCUT2D eigenvalue weighted by molar-refractivity contribution is 7.92. The zero-order chi connectivity index (χ0) is 21.2. The van der Waals surface area contributed by atoms with Gasteiger partial charge in [-0.15, -0.1) is 0 Å². The van der Waals surface area contributed by atoms with Crippen LogP contribution in [0.1, 0.15) is 15.9 Å². The molecule has 0 saturated heterocycles. The van der Waals surface area contributed by atoms with Gasteiger partial charge in [0.15, 0.2) is 5.78 Å². The number of anilines is 1. The summed E-state index contributed by atoms with van der Waals surface area (Å²) < 4.78 is 42.1. The molecule has 0 atom stereocenters. The Kier molecular flexibility index (Phi) is 5.67. The monoisotopic (exact) mass is 432 g/mol. The number of carbonyl (C=O) groups is 1. The molecule has 0 aromatic heterocycles. The fraction of sp³-hybridized carbons (Fsp3) is 0. The molecule has 0 aliphatic carbocycles. The summed E-state index contributed by atoms with van der Waals surface area (Å²) in [4.78, 5) is 12.7. The molecular formula is C20H14ClFN2O4S. The van der Waals surface area contributed by atoms with E-state index in [0.29, 0.717) is 4.74 Å². The normalized spacial score (nSPS) is 11.1. The molecule has 1 N–H and O–H groups in total. The van der Waals surface area contributed by atoms with Crippen LogP contribution >= 0.6 is 11.6 Å². The molecule has 0 aliphatic heterocycles. The Hall–Kier alpha value is -3.23. The molecule has 9 heteroatoms. The van der Waals surface area contributed by atoms with Gasteiger partial charge >= 0.3 is 0 Å². The molecule has 0 unspecified atom stereocenters. The lowest BCUT2D eigenvalue weighted by Crippen LogP contribution is -2.16. The molecule has 3 aromatic carbocycles. The lowest BCUT2D eigenvalue weighted by Gasteiger charge is -2.13. The second-order valence-corrected chi connectivity index (χ2v) is 8.10. The fourth-order valence-corrected chi connectivity index (χ4v) is 3.83. The summed E-state index contributed by atoms with van der Waals surface area (Å²) in [5.74, 6) is -1.46. The Labute approximate surface area is 171 Å². The molecule has 148 valence electrons. The number of nitrogens with one attached hydrogen (secondary N) is 1. The number of ketones is 1. The van der Waals surface area contributed by atoms with E-state index in [1.165, 1.54) is 60.7 Å². The van der Waals surface area contributed by atoms with Gasteiger partial charge in [-0.1, -0.05) is 23.7 Å². The SMILES string of the molecule is C=[N+]([O-])c1ccc(S(=O)(=O)Nc2ccc(Cl)cc2C(=O)c2ccccc2F)cc1. The first-order valence-electron chi connectivity index (χ1n) is 8.18. The van der Waals surface area contributed by atoms with Gasteiger partial charge in [0.25, 0.3) is 10.0 Å². The van der Waals surface area contributed by atoms with Crippen molar-refractivity contribution in [1.82, 2.24) is 0 Å². The maximum Gasteiger partial charge on any atom is 0.261 e. The van der Waals surface area contributed by atoms with Crippen molar-refractivity contribution in [3.05, 3.63) is 93.9 Å². The first-order chi connectivity index (χ1) is 13.7. The van der Waals surface area contributed by atoms with Crippen molar-refractivity contribution >= 4 is 45.5 Å². The minimum Gasteiger partial charge on any atom is -0.619 e. The summed E-state index contributed by atoms with van der Waals surface area (Å²) in [5, 5.41) is 11.4. The van der Waals surface area contributed by atoms with E-state index in [-0.39, 0.29) is 32.4 Å². The molecular weight excluding hydrogens is 419 g/mol. The molecule has 0 bridgehead atoms. The Bertz CT molecular complexity index is 1210. The Morgan fingerprint density at radius 2 is 1.69 bits per heavy atom. The molecule has 6 nitrogen and oxygen atoms in total. The lowest BCUT2D eigenvalue weighted by atomic mass is 10.0. The molecule has 0 aliphatic rings. The van der Waals surface area contributed by atoms with Gasteiger partial charge in [0.2, 0.25) is 5.69 Å². The van der Waals surface area contributed by atoms with Crippen molar-refractivity contribution in [2.75, 3.05) is 4.72 Å². The predicted octanol–water partition coefficient (Wildman–Crippen LogP) is 4.35. The second kappa shape index (κ2) is 8.02. The number of hydrogen-bond donors (Lipinski definition) is 1. The smallest absolute Gasteiger partial charge is 0.261 e. The molecule has 29 heavy (non-hydrogen) atoms. The molecule has 0 amide bonds. The van der Waals surface area contributed by atoms with E-state index in [0.717, 1.165) is 6.07 Å². The number of carbonyl (C=O) groups excluding carboxylic acids is 1. The van der Waals surface area contributed by atoms with Crippen molar-refractivity contribution < 1.29 is 22.3 Å². The molecule has 3 aromatic rings. The average Bonchev–Trinajstić information content (AvgIpc) is 2.69. The highest BCUT2D eigenvalue weighted by atomic mass is 35.5. The van der Waals surface area contributed by atoms with Gasteiger partial charge in [-0.25, -0.2) is 12.8 Å². The molecule has 3 rings (SSSR count). The van der Waals surface area contributed by atoms with Crippen LogP contribution in [0, 0.1) is 11.0 Å². The van der Waals surface area contributed by atoms with Gasteiger partial charge in [0.05, 0.1) is 16.1 Å². The van der Waals surface area contributed by atoms with Gasteiger partial charge in [-0.2, -0.15) is 4.74 Å². The molecule has 0 fully saturated rings. The zero-order valence-corrected chi connectivity index (χ0v) is 16.4. The predicted molar refractivity (Wildman–Crippen MR) is 109 cm³/mol. The van der Waals surface area contributed by atoms with E-state index in [9.17, 15) is 22.8 Å². The Morgan fingerprint density at radius 1 is 1.03 bits per heavy atom. The number of hydrogen-bond acceptors (Lipinski definition) is 4. The van der Waals surface area contributed by atoms with Crippen LogP contribution in [0.3, 0.4) is 0 Å². The minimum atomic E-state index is -4.10. The lowest BCUT2D eigenvalue weighted by molar-refractivity contribution is -0.349. The average molecular weight is 433 g/mol. The number of rotatable bonds is 6. The summed E-state index contributed by atoms with van der Waals surface area (Å²) in [5.41, 5.74) is -0.211. The molecule has 0 saturated carbocycles. The summed E-state index contributed by atoms with van der Waals surface area (Å²) >= 11 is 5.96. The van der Waals surface area contributed by atoms with Gasteiger partial charge in [-0.05, 0) is 42.5 Å². The van der Waals surface area contributed by atoms with Crippen molar-refractivity contribution in [2.45, 2.75) is 4.90 Å². The summed E-state index contributed by atoms with van der Waals surface area (Å²) in [7, 11) is -4.10. The number of nitrogens with zero attached hydrogens (tertiary/aromatic N) is 1. The Balaban J connectivity index is 2.00. The van der Waals surface area contributed by atoms with Gasteiger partial charge in [0, 0.05) is 22.7 Å².